The van der Waals surface area contributed by atoms with Crippen LogP contribution >= 0.6 is 0 Å². The minimum Gasteiger partial charge on any atom is -0.462 e. The predicted octanol–water partition coefficient (Wildman–Crippen LogP) is 4.10. The van der Waals surface area contributed by atoms with E-state index in [1.54, 1.807) is 24.3 Å². The maximum atomic E-state index is 12.2. The van der Waals surface area contributed by atoms with Gasteiger partial charge in [-0.25, -0.2) is 14.4 Å². The molecule has 0 bridgehead atoms. The van der Waals surface area contributed by atoms with E-state index in [1.165, 1.54) is 39.5 Å². The Morgan fingerprint density at radius 1 is 0.900 bits per heavy atom. The second kappa shape index (κ2) is 10.8. The summed E-state index contributed by atoms with van der Waals surface area (Å²) in [6.07, 6.45) is 8.02. The number of nitrogens with two attached hydrogens (primary N) is 1. The number of hydrogen-bond donors (Lipinski definition) is 1. The van der Waals surface area contributed by atoms with Gasteiger partial charge < -0.3 is 19.9 Å². The maximum Gasteiger partial charge on any atom is 0.351 e. The number of hydrogen-bond acceptors (Lipinski definition) is 7. The molecule has 0 unspecified atom stereocenters. The molecule has 1 aliphatic heterocycles. The summed E-state index contributed by atoms with van der Waals surface area (Å²) in [6, 6.07) is 6.18. The molecule has 0 aliphatic carbocycles. The van der Waals surface area contributed by atoms with E-state index < -0.39 is 23.7 Å². The van der Waals surface area contributed by atoms with Crippen LogP contribution in [0.25, 0.3) is 5.70 Å². The van der Waals surface area contributed by atoms with Gasteiger partial charge in [0.1, 0.15) is 0 Å². The van der Waals surface area contributed by atoms with E-state index in [0.29, 0.717) is 17.7 Å². The number of rotatable bonds is 10. The fraction of sp³-hybridized carbons (Fsp3) is 0.522. The van der Waals surface area contributed by atoms with Crippen molar-refractivity contribution >= 4 is 23.6 Å². The minimum absolute atomic E-state index is 0.0662. The molecule has 2 rings (SSSR count). The van der Waals surface area contributed by atoms with E-state index in [-0.39, 0.29) is 11.3 Å². The summed E-state index contributed by atoms with van der Waals surface area (Å²) in [4.78, 5) is 36.4. The van der Waals surface area contributed by atoms with Crippen LogP contribution in [0.2, 0.25) is 0 Å². The van der Waals surface area contributed by atoms with Gasteiger partial charge in [0.15, 0.2) is 5.57 Å². The standard InChI is InChI=1S/C23H31NO6/c1-4-5-6-7-8-9-10-15-28-20(25)17-13-11-16(12-14-17)19(24)18-21(26)29-23(2,3)30-22(18)27/h11-14H,4-10,15,24H2,1-3H3. The number of carbonyl (C=O) groups excluding carboxylic acids is 3. The predicted molar refractivity (Wildman–Crippen MR) is 112 cm³/mol. The number of unbranched alkanes of at least 4 members (excludes halogenated alkanes) is 6. The van der Waals surface area contributed by atoms with Gasteiger partial charge in [0.25, 0.3) is 5.79 Å². The van der Waals surface area contributed by atoms with Crippen LogP contribution in [0.15, 0.2) is 29.8 Å². The lowest BCUT2D eigenvalue weighted by Gasteiger charge is -2.30. The molecule has 0 radical (unpaired) electrons. The molecule has 0 saturated carbocycles. The van der Waals surface area contributed by atoms with Crippen molar-refractivity contribution in [3.8, 4) is 0 Å². The number of ether oxygens (including phenoxy) is 3. The molecule has 1 heterocycles. The van der Waals surface area contributed by atoms with E-state index in [0.717, 1.165) is 19.3 Å². The van der Waals surface area contributed by atoms with E-state index in [2.05, 4.69) is 6.92 Å². The van der Waals surface area contributed by atoms with Gasteiger partial charge in [-0.05, 0) is 24.1 Å². The van der Waals surface area contributed by atoms with E-state index >= 15 is 0 Å². The molecule has 0 atom stereocenters. The van der Waals surface area contributed by atoms with Crippen LogP contribution in [0.3, 0.4) is 0 Å². The van der Waals surface area contributed by atoms with E-state index in [4.69, 9.17) is 19.9 Å². The van der Waals surface area contributed by atoms with Gasteiger partial charge in [-0.3, -0.25) is 0 Å². The Morgan fingerprint density at radius 2 is 1.40 bits per heavy atom. The van der Waals surface area contributed by atoms with Crippen LogP contribution < -0.4 is 5.73 Å². The van der Waals surface area contributed by atoms with E-state index in [9.17, 15) is 14.4 Å². The van der Waals surface area contributed by atoms with Crippen molar-refractivity contribution in [3.63, 3.8) is 0 Å². The lowest BCUT2D eigenvalue weighted by molar-refractivity contribution is -0.222. The van der Waals surface area contributed by atoms with Crippen LogP contribution in [-0.4, -0.2) is 30.3 Å². The van der Waals surface area contributed by atoms with Crippen molar-refractivity contribution in [2.75, 3.05) is 6.61 Å². The van der Waals surface area contributed by atoms with Gasteiger partial charge in [-0.15, -0.1) is 0 Å². The quantitative estimate of drug-likeness (QED) is 0.264. The molecule has 2 N–H and O–H groups in total. The zero-order valence-electron chi connectivity index (χ0n) is 18.0. The Bertz CT molecular complexity index is 772. The Kier molecular flexibility index (Phi) is 8.45. The fourth-order valence-corrected chi connectivity index (χ4v) is 3.11. The minimum atomic E-state index is -1.33. The summed E-state index contributed by atoms with van der Waals surface area (Å²) in [5, 5.41) is 0. The first-order valence-electron chi connectivity index (χ1n) is 10.5. The highest BCUT2D eigenvalue weighted by atomic mass is 16.7. The van der Waals surface area contributed by atoms with Gasteiger partial charge in [0.2, 0.25) is 0 Å². The molecule has 1 fully saturated rings. The Labute approximate surface area is 177 Å². The van der Waals surface area contributed by atoms with Crippen LogP contribution in [-0.2, 0) is 23.8 Å². The molecule has 0 amide bonds. The first-order valence-corrected chi connectivity index (χ1v) is 10.5. The second-order valence-corrected chi connectivity index (χ2v) is 7.80. The van der Waals surface area contributed by atoms with Gasteiger partial charge >= 0.3 is 17.9 Å². The molecule has 7 nitrogen and oxygen atoms in total. The summed E-state index contributed by atoms with van der Waals surface area (Å²) in [5.41, 5.74) is 6.33. The number of benzene rings is 1. The molecule has 164 valence electrons. The molecular weight excluding hydrogens is 386 g/mol. The largest absolute Gasteiger partial charge is 0.462 e. The lowest BCUT2D eigenvalue weighted by atomic mass is 10.0. The third kappa shape index (κ3) is 6.61. The first-order chi connectivity index (χ1) is 14.2. The van der Waals surface area contributed by atoms with Crippen LogP contribution in [0.4, 0.5) is 0 Å². The highest BCUT2D eigenvalue weighted by Gasteiger charge is 2.40. The molecule has 7 heteroatoms. The van der Waals surface area contributed by atoms with Crippen molar-refractivity contribution in [2.24, 2.45) is 5.73 Å². The summed E-state index contributed by atoms with van der Waals surface area (Å²) >= 11 is 0. The van der Waals surface area contributed by atoms with E-state index in [1.807, 2.05) is 0 Å². The Morgan fingerprint density at radius 3 is 1.97 bits per heavy atom. The monoisotopic (exact) mass is 417 g/mol. The molecule has 0 spiro atoms. The summed E-state index contributed by atoms with van der Waals surface area (Å²) in [6.45, 7) is 5.50. The SMILES string of the molecule is CCCCCCCCCOC(=O)c1ccc(C(N)=C2C(=O)OC(C)(C)OC2=O)cc1. The summed E-state index contributed by atoms with van der Waals surface area (Å²) in [5.74, 6) is -3.43. The fourth-order valence-electron chi connectivity index (χ4n) is 3.11. The molecule has 0 aromatic heterocycles. The average molecular weight is 418 g/mol. The highest BCUT2D eigenvalue weighted by Crippen LogP contribution is 2.26. The number of carbonyl (C=O) groups is 3. The van der Waals surface area contributed by atoms with Crippen LogP contribution in [0.1, 0.15) is 81.6 Å². The van der Waals surface area contributed by atoms with Crippen LogP contribution in [0, 0.1) is 0 Å². The van der Waals surface area contributed by atoms with Crippen LogP contribution in [0.5, 0.6) is 0 Å². The zero-order valence-corrected chi connectivity index (χ0v) is 18.0. The first kappa shape index (κ1) is 23.4. The van der Waals surface area contributed by atoms with Gasteiger partial charge in [-0.1, -0.05) is 57.6 Å². The van der Waals surface area contributed by atoms with Gasteiger partial charge in [0.05, 0.1) is 17.9 Å². The second-order valence-electron chi connectivity index (χ2n) is 7.80. The summed E-state index contributed by atoms with van der Waals surface area (Å²) in [7, 11) is 0. The normalized spacial score (nSPS) is 15.4. The smallest absolute Gasteiger partial charge is 0.351 e. The average Bonchev–Trinajstić information content (AvgIpc) is 2.68. The third-order valence-corrected chi connectivity index (χ3v) is 4.77. The number of esters is 3. The maximum absolute atomic E-state index is 12.2. The molecule has 1 aliphatic rings. The van der Waals surface area contributed by atoms with Gasteiger partial charge in [-0.2, -0.15) is 0 Å². The Hall–Kier alpha value is -2.83. The van der Waals surface area contributed by atoms with Gasteiger partial charge in [0, 0.05) is 13.8 Å². The van der Waals surface area contributed by atoms with Crippen molar-refractivity contribution in [2.45, 2.75) is 71.5 Å². The topological polar surface area (TPSA) is 105 Å². The van der Waals surface area contributed by atoms with Crippen molar-refractivity contribution in [1.82, 2.24) is 0 Å². The molecule has 1 aromatic rings. The number of cyclic esters (lactones) is 2. The zero-order chi connectivity index (χ0) is 22.1. The highest BCUT2D eigenvalue weighted by molar-refractivity contribution is 6.20. The molecule has 30 heavy (non-hydrogen) atoms. The van der Waals surface area contributed by atoms with Crippen molar-refractivity contribution in [1.29, 1.82) is 0 Å². The molecule has 1 saturated heterocycles. The molecule has 1 aromatic carbocycles. The third-order valence-electron chi connectivity index (χ3n) is 4.77. The lowest BCUT2D eigenvalue weighted by Crippen LogP contribution is -2.42. The summed E-state index contributed by atoms with van der Waals surface area (Å²) < 4.78 is 15.4. The Balaban J connectivity index is 1.89. The van der Waals surface area contributed by atoms with Crippen molar-refractivity contribution < 1.29 is 28.6 Å². The molecular formula is C23H31NO6. The van der Waals surface area contributed by atoms with Crippen molar-refractivity contribution in [3.05, 3.63) is 41.0 Å².